The molecule has 0 aliphatic heterocycles. The molecule has 2 aromatic heterocycles. The molecule has 0 aliphatic rings. The van der Waals surface area contributed by atoms with Crippen LogP contribution in [-0.4, -0.2) is 29.0 Å². The first-order valence-corrected chi connectivity index (χ1v) is 10.7. The van der Waals surface area contributed by atoms with Crippen LogP contribution in [0.2, 0.25) is 0 Å². The molecule has 0 radical (unpaired) electrons. The number of nitrogens with zero attached hydrogens (tertiary/aromatic N) is 3. The highest BCUT2D eigenvalue weighted by molar-refractivity contribution is 5.93. The van der Waals surface area contributed by atoms with E-state index in [1.165, 1.54) is 17.2 Å². The molecule has 172 valence electrons. The Hall–Kier alpha value is -4.98. The highest BCUT2D eigenvalue weighted by atomic mass is 16.5. The fourth-order valence-corrected chi connectivity index (χ4v) is 3.48. The summed E-state index contributed by atoms with van der Waals surface area (Å²) in [5.41, 5.74) is 1.04. The van der Waals surface area contributed by atoms with E-state index in [1.54, 1.807) is 86.0 Å². The Morgan fingerprint density at radius 1 is 0.971 bits per heavy atom. The van der Waals surface area contributed by atoms with E-state index in [1.807, 2.05) is 6.07 Å². The molecule has 5 aromatic rings. The van der Waals surface area contributed by atoms with Crippen molar-refractivity contribution in [2.24, 2.45) is 5.10 Å². The van der Waals surface area contributed by atoms with Gasteiger partial charge in [-0.15, -0.1) is 0 Å². The molecule has 0 unspecified atom stereocenters. The number of ether oxygens (including phenoxy) is 2. The zero-order valence-electron chi connectivity index (χ0n) is 18.6. The second-order valence-electron chi connectivity index (χ2n) is 7.45. The van der Waals surface area contributed by atoms with Crippen LogP contribution in [0.5, 0.6) is 11.5 Å². The number of hydrogen-bond acceptors (Lipinski definition) is 7. The summed E-state index contributed by atoms with van der Waals surface area (Å²) in [6.07, 6.45) is 2.94. The lowest BCUT2D eigenvalue weighted by Gasteiger charge is -2.09. The molecule has 2 heterocycles. The SMILES string of the molecule is COc1ccc(C(=O)Oc2ccccc2C=Nn2c(-c3ccco3)nc3ccccc3c2=O)cc1. The van der Waals surface area contributed by atoms with E-state index in [4.69, 9.17) is 13.9 Å². The van der Waals surface area contributed by atoms with Gasteiger partial charge in [-0.1, -0.05) is 24.3 Å². The molecule has 0 fully saturated rings. The predicted molar refractivity (Wildman–Crippen MR) is 131 cm³/mol. The third-order valence-electron chi connectivity index (χ3n) is 5.26. The summed E-state index contributed by atoms with van der Waals surface area (Å²) >= 11 is 0. The average Bonchev–Trinajstić information content (AvgIpc) is 3.44. The van der Waals surface area contributed by atoms with Gasteiger partial charge in [-0.05, 0) is 60.7 Å². The van der Waals surface area contributed by atoms with Crippen molar-refractivity contribution < 1.29 is 18.7 Å². The number of benzene rings is 3. The van der Waals surface area contributed by atoms with E-state index in [9.17, 15) is 9.59 Å². The van der Waals surface area contributed by atoms with Gasteiger partial charge in [0.05, 0.1) is 36.1 Å². The minimum absolute atomic E-state index is 0.252. The van der Waals surface area contributed by atoms with Crippen molar-refractivity contribution in [2.75, 3.05) is 7.11 Å². The van der Waals surface area contributed by atoms with Crippen LogP contribution in [0.15, 0.2) is 106 Å². The molecule has 0 spiro atoms. The number of carbonyl (C=O) groups is 1. The second-order valence-corrected chi connectivity index (χ2v) is 7.45. The lowest BCUT2D eigenvalue weighted by Crippen LogP contribution is -2.20. The van der Waals surface area contributed by atoms with Gasteiger partial charge in [0.1, 0.15) is 11.5 Å². The Bertz CT molecular complexity index is 1590. The summed E-state index contributed by atoms with van der Waals surface area (Å²) in [6.45, 7) is 0. The Labute approximate surface area is 199 Å². The monoisotopic (exact) mass is 465 g/mol. The van der Waals surface area contributed by atoms with Crippen LogP contribution in [-0.2, 0) is 0 Å². The van der Waals surface area contributed by atoms with E-state index in [0.717, 1.165) is 0 Å². The summed E-state index contributed by atoms with van der Waals surface area (Å²) in [7, 11) is 1.55. The number of methoxy groups -OCH3 is 1. The number of aromatic nitrogens is 2. The number of rotatable bonds is 6. The topological polar surface area (TPSA) is 95.9 Å². The van der Waals surface area contributed by atoms with Gasteiger partial charge in [-0.3, -0.25) is 4.79 Å². The number of para-hydroxylation sites is 2. The quantitative estimate of drug-likeness (QED) is 0.204. The highest BCUT2D eigenvalue weighted by Gasteiger charge is 2.15. The summed E-state index contributed by atoms with van der Waals surface area (Å²) in [6, 6.07) is 23.9. The lowest BCUT2D eigenvalue weighted by molar-refractivity contribution is 0.0734. The first kappa shape index (κ1) is 21.8. The Balaban J connectivity index is 1.52. The number of fused-ring (bicyclic) bond motifs is 1. The van der Waals surface area contributed by atoms with Crippen LogP contribution in [0.25, 0.3) is 22.5 Å². The van der Waals surface area contributed by atoms with E-state index in [0.29, 0.717) is 39.3 Å². The van der Waals surface area contributed by atoms with Crippen LogP contribution in [0.4, 0.5) is 0 Å². The van der Waals surface area contributed by atoms with Gasteiger partial charge in [0.2, 0.25) is 5.82 Å². The summed E-state index contributed by atoms with van der Waals surface area (Å²) in [5.74, 6) is 1.04. The maximum Gasteiger partial charge on any atom is 0.343 e. The average molecular weight is 465 g/mol. The van der Waals surface area contributed by atoms with Crippen molar-refractivity contribution in [1.29, 1.82) is 0 Å². The largest absolute Gasteiger partial charge is 0.497 e. The van der Waals surface area contributed by atoms with Gasteiger partial charge in [-0.25, -0.2) is 9.78 Å². The molecule has 0 atom stereocenters. The van der Waals surface area contributed by atoms with Crippen LogP contribution < -0.4 is 15.0 Å². The number of esters is 1. The van der Waals surface area contributed by atoms with Crippen molar-refractivity contribution in [3.8, 4) is 23.1 Å². The maximum atomic E-state index is 13.2. The van der Waals surface area contributed by atoms with Gasteiger partial charge in [0.15, 0.2) is 5.76 Å². The molecule has 35 heavy (non-hydrogen) atoms. The zero-order valence-corrected chi connectivity index (χ0v) is 18.6. The van der Waals surface area contributed by atoms with E-state index in [-0.39, 0.29) is 11.4 Å². The Morgan fingerprint density at radius 2 is 1.74 bits per heavy atom. The molecule has 0 N–H and O–H groups in total. The van der Waals surface area contributed by atoms with Gasteiger partial charge in [0, 0.05) is 5.56 Å². The standard InChI is InChI=1S/C27H19N3O5/c1-33-20-14-12-18(13-15-20)27(32)35-23-10-5-2-7-19(23)17-28-30-25(24-11-6-16-34-24)29-22-9-4-3-8-21(22)26(30)31/h2-17H,1H3. The molecule has 0 bridgehead atoms. The van der Waals surface area contributed by atoms with Crippen molar-refractivity contribution >= 4 is 23.1 Å². The predicted octanol–water partition coefficient (Wildman–Crippen LogP) is 4.77. The van der Waals surface area contributed by atoms with Gasteiger partial charge >= 0.3 is 5.97 Å². The van der Waals surface area contributed by atoms with E-state index in [2.05, 4.69) is 10.1 Å². The van der Waals surface area contributed by atoms with E-state index < -0.39 is 5.97 Å². The first-order valence-electron chi connectivity index (χ1n) is 10.7. The molecule has 8 heteroatoms. The Morgan fingerprint density at radius 3 is 2.51 bits per heavy atom. The first-order chi connectivity index (χ1) is 17.1. The molecular formula is C27H19N3O5. The van der Waals surface area contributed by atoms with Crippen LogP contribution in [0, 0.1) is 0 Å². The van der Waals surface area contributed by atoms with Crippen LogP contribution in [0.3, 0.4) is 0 Å². The zero-order chi connectivity index (χ0) is 24.2. The normalized spacial score (nSPS) is 11.1. The molecular weight excluding hydrogens is 446 g/mol. The van der Waals surface area contributed by atoms with Crippen LogP contribution in [0.1, 0.15) is 15.9 Å². The minimum atomic E-state index is -0.533. The number of furan rings is 1. The van der Waals surface area contributed by atoms with Crippen molar-refractivity contribution in [3.05, 3.63) is 113 Å². The molecule has 0 saturated carbocycles. The molecule has 8 nitrogen and oxygen atoms in total. The van der Waals surface area contributed by atoms with Crippen molar-refractivity contribution in [1.82, 2.24) is 9.66 Å². The minimum Gasteiger partial charge on any atom is -0.497 e. The molecule has 0 saturated heterocycles. The van der Waals surface area contributed by atoms with Crippen molar-refractivity contribution in [3.63, 3.8) is 0 Å². The third-order valence-corrected chi connectivity index (χ3v) is 5.26. The molecule has 5 rings (SSSR count). The third kappa shape index (κ3) is 4.45. The number of carbonyl (C=O) groups excluding carboxylic acids is 1. The number of hydrogen-bond donors (Lipinski definition) is 0. The van der Waals surface area contributed by atoms with E-state index >= 15 is 0 Å². The highest BCUT2D eigenvalue weighted by Crippen LogP contribution is 2.21. The van der Waals surface area contributed by atoms with Gasteiger partial charge < -0.3 is 13.9 Å². The fourth-order valence-electron chi connectivity index (χ4n) is 3.48. The van der Waals surface area contributed by atoms with Crippen LogP contribution >= 0.6 is 0 Å². The Kier molecular flexibility index (Phi) is 5.92. The summed E-state index contributed by atoms with van der Waals surface area (Å²) in [5, 5.41) is 4.81. The van der Waals surface area contributed by atoms with Gasteiger partial charge in [-0.2, -0.15) is 9.78 Å². The molecule has 0 amide bonds. The molecule has 3 aromatic carbocycles. The fraction of sp³-hybridized carbons (Fsp3) is 0.0370. The molecule has 0 aliphatic carbocycles. The summed E-state index contributed by atoms with van der Waals surface area (Å²) < 4.78 is 17.4. The lowest BCUT2D eigenvalue weighted by atomic mass is 10.2. The smallest absolute Gasteiger partial charge is 0.343 e. The maximum absolute atomic E-state index is 13.2. The van der Waals surface area contributed by atoms with Crippen molar-refractivity contribution in [2.45, 2.75) is 0 Å². The second kappa shape index (κ2) is 9.48. The van der Waals surface area contributed by atoms with Gasteiger partial charge in [0.25, 0.3) is 5.56 Å². The summed E-state index contributed by atoms with van der Waals surface area (Å²) in [4.78, 5) is 30.5.